The van der Waals surface area contributed by atoms with Crippen LogP contribution in [0.25, 0.3) is 0 Å². The zero-order valence-electron chi connectivity index (χ0n) is 9.02. The average molecular weight is 251 g/mol. The molecule has 1 heterocycles. The Morgan fingerprint density at radius 3 is 2.56 bits per heavy atom. The third-order valence-corrected chi connectivity index (χ3v) is 3.89. The summed E-state index contributed by atoms with van der Waals surface area (Å²) in [7, 11) is -3.35. The topological polar surface area (TPSA) is 92.7 Å². The van der Waals surface area contributed by atoms with Gasteiger partial charge in [0.05, 0.1) is 5.75 Å². The van der Waals surface area contributed by atoms with Crippen molar-refractivity contribution < 1.29 is 23.1 Å². The number of hydrogen-bond donors (Lipinski definition) is 2. The minimum Gasteiger partial charge on any atom is -0.481 e. The summed E-state index contributed by atoms with van der Waals surface area (Å²) in [5, 5.41) is 8.40. The van der Waals surface area contributed by atoms with Crippen LogP contribution in [0.1, 0.15) is 25.7 Å². The van der Waals surface area contributed by atoms with Crippen molar-refractivity contribution in [3.05, 3.63) is 0 Å². The van der Waals surface area contributed by atoms with Crippen molar-refractivity contribution >= 4 is 16.0 Å². The molecule has 2 N–H and O–H groups in total. The fraction of sp³-hybridized carbons (Fsp3) is 0.889. The van der Waals surface area contributed by atoms with Gasteiger partial charge >= 0.3 is 5.97 Å². The Bertz CT molecular complexity index is 321. The largest absolute Gasteiger partial charge is 0.481 e. The molecule has 0 aromatic rings. The molecular formula is C9H17NO5S. The molecule has 0 atom stereocenters. The SMILES string of the molecule is O=C(O)CCCS(=O)(=O)NC1CCOCC1. The summed E-state index contributed by atoms with van der Waals surface area (Å²) in [5.41, 5.74) is 0. The van der Waals surface area contributed by atoms with Crippen LogP contribution < -0.4 is 4.72 Å². The summed E-state index contributed by atoms with van der Waals surface area (Å²) >= 11 is 0. The summed E-state index contributed by atoms with van der Waals surface area (Å²) in [5.74, 6) is -1.10. The fourth-order valence-corrected chi connectivity index (χ4v) is 2.93. The van der Waals surface area contributed by atoms with Gasteiger partial charge in [-0.05, 0) is 19.3 Å². The maximum Gasteiger partial charge on any atom is 0.303 e. The van der Waals surface area contributed by atoms with Crippen molar-refractivity contribution in [2.45, 2.75) is 31.7 Å². The Morgan fingerprint density at radius 1 is 1.38 bits per heavy atom. The number of carbonyl (C=O) groups is 1. The number of nitrogens with one attached hydrogen (secondary N) is 1. The third-order valence-electron chi connectivity index (χ3n) is 2.37. The molecule has 7 heteroatoms. The van der Waals surface area contributed by atoms with Gasteiger partial charge in [-0.25, -0.2) is 13.1 Å². The van der Waals surface area contributed by atoms with E-state index >= 15 is 0 Å². The standard InChI is InChI=1S/C9H17NO5S/c11-9(12)2-1-7-16(13,14)10-8-3-5-15-6-4-8/h8,10H,1-7H2,(H,11,12). The lowest BCUT2D eigenvalue weighted by molar-refractivity contribution is -0.137. The second-order valence-corrected chi connectivity index (χ2v) is 5.69. The number of ether oxygens (including phenoxy) is 1. The highest BCUT2D eigenvalue weighted by Crippen LogP contribution is 2.08. The Kier molecular flexibility index (Phi) is 5.17. The first kappa shape index (κ1) is 13.4. The first-order chi connectivity index (χ1) is 7.49. The molecule has 1 aliphatic heterocycles. The van der Waals surface area contributed by atoms with Gasteiger partial charge in [0, 0.05) is 25.7 Å². The predicted octanol–water partition coefficient (Wildman–Crippen LogP) is -0.0504. The molecule has 0 unspecified atom stereocenters. The second kappa shape index (κ2) is 6.17. The van der Waals surface area contributed by atoms with Crippen LogP contribution in [0, 0.1) is 0 Å². The number of aliphatic carboxylic acids is 1. The van der Waals surface area contributed by atoms with Crippen LogP contribution in [0.4, 0.5) is 0 Å². The lowest BCUT2D eigenvalue weighted by Crippen LogP contribution is -2.40. The van der Waals surface area contributed by atoms with E-state index in [2.05, 4.69) is 4.72 Å². The number of carboxylic acids is 1. The highest BCUT2D eigenvalue weighted by atomic mass is 32.2. The fourth-order valence-electron chi connectivity index (χ4n) is 1.54. The van der Waals surface area contributed by atoms with Gasteiger partial charge in [0.1, 0.15) is 0 Å². The molecule has 0 aliphatic carbocycles. The molecule has 0 bridgehead atoms. The van der Waals surface area contributed by atoms with Crippen LogP contribution in [0.3, 0.4) is 0 Å². The Hall–Kier alpha value is -0.660. The van der Waals surface area contributed by atoms with Gasteiger partial charge < -0.3 is 9.84 Å². The van der Waals surface area contributed by atoms with Crippen LogP contribution in [0.15, 0.2) is 0 Å². The zero-order valence-corrected chi connectivity index (χ0v) is 9.83. The maximum atomic E-state index is 11.5. The van der Waals surface area contributed by atoms with Crippen LogP contribution in [0.5, 0.6) is 0 Å². The molecule has 1 fully saturated rings. The molecule has 0 aromatic heterocycles. The number of hydrogen-bond acceptors (Lipinski definition) is 4. The minimum atomic E-state index is -3.35. The minimum absolute atomic E-state index is 0.0661. The molecule has 6 nitrogen and oxygen atoms in total. The third kappa shape index (κ3) is 5.43. The van der Waals surface area contributed by atoms with E-state index in [1.54, 1.807) is 0 Å². The van der Waals surface area contributed by atoms with E-state index in [1.807, 2.05) is 0 Å². The van der Waals surface area contributed by atoms with Gasteiger partial charge in [0.25, 0.3) is 0 Å². The monoisotopic (exact) mass is 251 g/mol. The number of rotatable bonds is 6. The molecule has 1 aliphatic rings. The van der Waals surface area contributed by atoms with E-state index in [9.17, 15) is 13.2 Å². The Labute approximate surface area is 95.0 Å². The van der Waals surface area contributed by atoms with Gasteiger partial charge in [-0.2, -0.15) is 0 Å². The predicted molar refractivity (Wildman–Crippen MR) is 57.6 cm³/mol. The lowest BCUT2D eigenvalue weighted by Gasteiger charge is -2.22. The number of sulfonamides is 1. The van der Waals surface area contributed by atoms with E-state index in [-0.39, 0.29) is 24.6 Å². The molecule has 0 radical (unpaired) electrons. The van der Waals surface area contributed by atoms with Crippen LogP contribution >= 0.6 is 0 Å². The van der Waals surface area contributed by atoms with Crippen molar-refractivity contribution in [1.29, 1.82) is 0 Å². The van der Waals surface area contributed by atoms with E-state index in [0.717, 1.165) is 0 Å². The molecular weight excluding hydrogens is 234 g/mol. The van der Waals surface area contributed by atoms with Crippen LogP contribution in [0.2, 0.25) is 0 Å². The smallest absolute Gasteiger partial charge is 0.303 e. The molecule has 0 aromatic carbocycles. The summed E-state index contributed by atoms with van der Waals surface area (Å²) in [6.45, 7) is 1.14. The van der Waals surface area contributed by atoms with Crippen molar-refractivity contribution in [2.24, 2.45) is 0 Å². The molecule has 1 rings (SSSR count). The lowest BCUT2D eigenvalue weighted by atomic mass is 10.1. The van der Waals surface area contributed by atoms with E-state index in [4.69, 9.17) is 9.84 Å². The van der Waals surface area contributed by atoms with Gasteiger partial charge in [0.2, 0.25) is 10.0 Å². The van der Waals surface area contributed by atoms with E-state index < -0.39 is 16.0 Å². The molecule has 94 valence electrons. The first-order valence-corrected chi connectivity index (χ1v) is 6.94. The van der Waals surface area contributed by atoms with Gasteiger partial charge in [0.15, 0.2) is 0 Å². The Balaban J connectivity index is 2.29. The van der Waals surface area contributed by atoms with E-state index in [0.29, 0.717) is 26.1 Å². The molecule has 1 saturated heterocycles. The highest BCUT2D eigenvalue weighted by molar-refractivity contribution is 7.89. The molecule has 0 saturated carbocycles. The van der Waals surface area contributed by atoms with Crippen molar-refractivity contribution in [2.75, 3.05) is 19.0 Å². The molecule has 0 amide bonds. The van der Waals surface area contributed by atoms with E-state index in [1.165, 1.54) is 0 Å². The number of carboxylic acid groups (broad SMARTS) is 1. The Morgan fingerprint density at radius 2 is 2.00 bits per heavy atom. The van der Waals surface area contributed by atoms with Gasteiger partial charge in [-0.3, -0.25) is 4.79 Å². The second-order valence-electron chi connectivity index (χ2n) is 3.82. The van der Waals surface area contributed by atoms with Crippen molar-refractivity contribution in [1.82, 2.24) is 4.72 Å². The summed E-state index contributed by atoms with van der Waals surface area (Å²) < 4.78 is 30.8. The summed E-state index contributed by atoms with van der Waals surface area (Å²) in [4.78, 5) is 10.2. The van der Waals surface area contributed by atoms with Gasteiger partial charge in [-0.1, -0.05) is 0 Å². The quantitative estimate of drug-likeness (QED) is 0.690. The maximum absolute atomic E-state index is 11.5. The average Bonchev–Trinajstić information content (AvgIpc) is 2.17. The van der Waals surface area contributed by atoms with Crippen LogP contribution in [-0.4, -0.2) is 44.5 Å². The van der Waals surface area contributed by atoms with Crippen LogP contribution in [-0.2, 0) is 19.6 Å². The summed E-state index contributed by atoms with van der Waals surface area (Å²) in [6.07, 6.45) is 1.39. The first-order valence-electron chi connectivity index (χ1n) is 5.29. The highest BCUT2D eigenvalue weighted by Gasteiger charge is 2.20. The summed E-state index contributed by atoms with van der Waals surface area (Å²) in [6, 6.07) is -0.0661. The van der Waals surface area contributed by atoms with Crippen molar-refractivity contribution in [3.63, 3.8) is 0 Å². The van der Waals surface area contributed by atoms with Gasteiger partial charge in [-0.15, -0.1) is 0 Å². The van der Waals surface area contributed by atoms with Crippen molar-refractivity contribution in [3.8, 4) is 0 Å². The normalized spacial score (nSPS) is 18.5. The zero-order chi connectivity index (χ0) is 12.0. The molecule has 0 spiro atoms. The molecule has 16 heavy (non-hydrogen) atoms.